The summed E-state index contributed by atoms with van der Waals surface area (Å²) in [5.74, 6) is 0.845. The van der Waals surface area contributed by atoms with Crippen LogP contribution in [0.4, 0.5) is 0 Å². The van der Waals surface area contributed by atoms with E-state index >= 15 is 0 Å². The third kappa shape index (κ3) is 2.42. The normalized spacial score (nSPS) is 22.4. The summed E-state index contributed by atoms with van der Waals surface area (Å²) in [5, 5.41) is 0. The quantitative estimate of drug-likeness (QED) is 0.776. The molecule has 1 fully saturated rings. The van der Waals surface area contributed by atoms with Crippen molar-refractivity contribution in [3.05, 3.63) is 41.7 Å². The van der Waals surface area contributed by atoms with Gasteiger partial charge >= 0.3 is 0 Å². The number of nitrogens with zero attached hydrogens (tertiary/aromatic N) is 2. The van der Waals surface area contributed by atoms with E-state index in [1.54, 1.807) is 7.11 Å². The summed E-state index contributed by atoms with van der Waals surface area (Å²) in [6.45, 7) is 0.889. The number of hydrogen-bond acceptors (Lipinski definition) is 4. The Kier molecular flexibility index (Phi) is 3.31. The monoisotopic (exact) mass is 335 g/mol. The number of nitrogens with one attached hydrogen (secondary N) is 1. The van der Waals surface area contributed by atoms with Crippen molar-refractivity contribution in [3.63, 3.8) is 0 Å². The van der Waals surface area contributed by atoms with Crippen LogP contribution in [0, 0.1) is 0 Å². The van der Waals surface area contributed by atoms with Crippen LogP contribution in [-0.4, -0.2) is 34.3 Å². The van der Waals surface area contributed by atoms with E-state index in [1.807, 2.05) is 30.5 Å². The Morgan fingerprint density at radius 3 is 2.84 bits per heavy atom. The topological polar surface area (TPSA) is 60.0 Å². The number of methoxy groups -OCH3 is 1. The van der Waals surface area contributed by atoms with Gasteiger partial charge in [0.1, 0.15) is 11.3 Å². The fraction of sp³-hybridized carbons (Fsp3) is 0.400. The van der Waals surface area contributed by atoms with Crippen LogP contribution >= 0.6 is 0 Å². The molecule has 1 atom stereocenters. The van der Waals surface area contributed by atoms with Crippen molar-refractivity contribution in [3.8, 4) is 17.0 Å². The maximum Gasteiger partial charge on any atom is 0.156 e. The Hall–Kier alpha value is -2.40. The lowest BCUT2D eigenvalue weighted by Gasteiger charge is -2.32. The van der Waals surface area contributed by atoms with E-state index in [1.165, 1.54) is 17.7 Å². The second-order valence-electron chi connectivity index (χ2n) is 7.07. The summed E-state index contributed by atoms with van der Waals surface area (Å²) < 4.78 is 11.4. The van der Waals surface area contributed by atoms with Crippen LogP contribution in [0.5, 0.6) is 5.75 Å². The van der Waals surface area contributed by atoms with Gasteiger partial charge in [0, 0.05) is 29.8 Å². The average Bonchev–Trinajstić information content (AvgIpc) is 3.26. The molecule has 1 aliphatic carbocycles. The first kappa shape index (κ1) is 14.9. The fourth-order valence-corrected chi connectivity index (χ4v) is 4.21. The van der Waals surface area contributed by atoms with E-state index in [4.69, 9.17) is 14.5 Å². The van der Waals surface area contributed by atoms with E-state index < -0.39 is 0 Å². The van der Waals surface area contributed by atoms with Gasteiger partial charge in [0.15, 0.2) is 5.65 Å². The third-order valence-electron chi connectivity index (χ3n) is 5.59. The molecule has 2 aliphatic rings. The van der Waals surface area contributed by atoms with Gasteiger partial charge in [-0.15, -0.1) is 0 Å². The minimum absolute atomic E-state index is 0.0277. The van der Waals surface area contributed by atoms with Gasteiger partial charge in [-0.1, -0.05) is 0 Å². The zero-order chi connectivity index (χ0) is 16.9. The number of aromatic amines is 1. The standard InChI is InChI=1S/C20H21N3O2/c1-24-14-5-3-13(4-6-14)17-12-21-19-18(22-17)15-11-20(8-2-10-25-20)9-7-16(15)23-19/h3-6,12H,2,7-11H2,1H3,(H,21,23). The molecule has 1 spiro atoms. The van der Waals surface area contributed by atoms with Gasteiger partial charge in [0.25, 0.3) is 0 Å². The van der Waals surface area contributed by atoms with Crippen molar-refractivity contribution in [2.45, 2.75) is 37.7 Å². The van der Waals surface area contributed by atoms with Crippen molar-refractivity contribution < 1.29 is 9.47 Å². The summed E-state index contributed by atoms with van der Waals surface area (Å²) in [7, 11) is 1.67. The van der Waals surface area contributed by atoms with Crippen molar-refractivity contribution >= 4 is 11.2 Å². The average molecular weight is 335 g/mol. The molecular weight excluding hydrogens is 314 g/mol. The molecule has 128 valence electrons. The molecule has 1 unspecified atom stereocenters. The molecule has 25 heavy (non-hydrogen) atoms. The van der Waals surface area contributed by atoms with Crippen LogP contribution in [-0.2, 0) is 17.6 Å². The first-order valence-corrected chi connectivity index (χ1v) is 8.91. The second-order valence-corrected chi connectivity index (χ2v) is 7.07. The van der Waals surface area contributed by atoms with Gasteiger partial charge in [-0.05, 0) is 49.9 Å². The molecule has 0 saturated carbocycles. The summed E-state index contributed by atoms with van der Waals surface area (Å²) in [6, 6.07) is 7.95. The zero-order valence-electron chi connectivity index (χ0n) is 14.3. The molecule has 0 bridgehead atoms. The van der Waals surface area contributed by atoms with Crippen molar-refractivity contribution in [2.24, 2.45) is 0 Å². The smallest absolute Gasteiger partial charge is 0.156 e. The molecule has 3 heterocycles. The van der Waals surface area contributed by atoms with Gasteiger partial charge in [-0.3, -0.25) is 0 Å². The molecular formula is C20H21N3O2. The largest absolute Gasteiger partial charge is 0.497 e. The van der Waals surface area contributed by atoms with E-state index in [9.17, 15) is 0 Å². The number of benzene rings is 1. The van der Waals surface area contributed by atoms with Crippen molar-refractivity contribution in [1.82, 2.24) is 15.0 Å². The molecule has 1 aromatic carbocycles. The lowest BCUT2D eigenvalue weighted by molar-refractivity contribution is -0.00650. The number of fused-ring (bicyclic) bond motifs is 3. The van der Waals surface area contributed by atoms with Crippen molar-refractivity contribution in [1.29, 1.82) is 0 Å². The predicted molar refractivity (Wildman–Crippen MR) is 95.8 cm³/mol. The van der Waals surface area contributed by atoms with Gasteiger partial charge in [0.2, 0.25) is 0 Å². The Morgan fingerprint density at radius 1 is 1.20 bits per heavy atom. The molecule has 0 radical (unpaired) electrons. The Morgan fingerprint density at radius 2 is 2.08 bits per heavy atom. The first-order valence-electron chi connectivity index (χ1n) is 8.91. The molecule has 1 saturated heterocycles. The van der Waals surface area contributed by atoms with Crippen LogP contribution in [0.25, 0.3) is 22.4 Å². The number of hydrogen-bond donors (Lipinski definition) is 1. The number of ether oxygens (including phenoxy) is 2. The molecule has 5 heteroatoms. The Bertz CT molecular complexity index is 924. The van der Waals surface area contributed by atoms with Gasteiger partial charge in [0.05, 0.1) is 24.6 Å². The van der Waals surface area contributed by atoms with Gasteiger partial charge in [-0.25, -0.2) is 9.97 Å². The van der Waals surface area contributed by atoms with Gasteiger partial charge < -0.3 is 14.5 Å². The lowest BCUT2D eigenvalue weighted by atomic mass is 9.81. The highest BCUT2D eigenvalue weighted by molar-refractivity contribution is 5.80. The lowest BCUT2D eigenvalue weighted by Crippen LogP contribution is -2.34. The molecule has 5 rings (SSSR count). The minimum atomic E-state index is 0.0277. The number of aryl methyl sites for hydroxylation is 1. The highest BCUT2D eigenvalue weighted by atomic mass is 16.5. The summed E-state index contributed by atoms with van der Waals surface area (Å²) in [5.41, 5.74) is 6.43. The summed E-state index contributed by atoms with van der Waals surface area (Å²) in [6.07, 6.45) is 7.23. The Labute approximate surface area is 146 Å². The predicted octanol–water partition coefficient (Wildman–Crippen LogP) is 3.67. The highest BCUT2D eigenvalue weighted by Gasteiger charge is 2.40. The highest BCUT2D eigenvalue weighted by Crippen LogP contribution is 2.40. The van der Waals surface area contributed by atoms with E-state index in [2.05, 4.69) is 9.97 Å². The summed E-state index contributed by atoms with van der Waals surface area (Å²) in [4.78, 5) is 13.0. The van der Waals surface area contributed by atoms with Crippen LogP contribution in [0.15, 0.2) is 30.5 Å². The maximum absolute atomic E-state index is 6.12. The molecule has 3 aromatic rings. The summed E-state index contributed by atoms with van der Waals surface area (Å²) >= 11 is 0. The van der Waals surface area contributed by atoms with Gasteiger partial charge in [-0.2, -0.15) is 0 Å². The molecule has 1 aliphatic heterocycles. The molecule has 0 amide bonds. The molecule has 5 nitrogen and oxygen atoms in total. The Balaban J connectivity index is 1.57. The fourth-order valence-electron chi connectivity index (χ4n) is 4.21. The van der Waals surface area contributed by atoms with Crippen LogP contribution < -0.4 is 4.74 Å². The van der Waals surface area contributed by atoms with E-state index in [0.717, 1.165) is 60.5 Å². The SMILES string of the molecule is COc1ccc(-c2cnc3[nH]c4c(c3n2)CC2(CCCO2)CC4)cc1. The van der Waals surface area contributed by atoms with E-state index in [0.29, 0.717) is 0 Å². The maximum atomic E-state index is 6.12. The molecule has 2 aromatic heterocycles. The second kappa shape index (κ2) is 5.56. The van der Waals surface area contributed by atoms with Crippen LogP contribution in [0.2, 0.25) is 0 Å². The third-order valence-corrected chi connectivity index (χ3v) is 5.59. The van der Waals surface area contributed by atoms with E-state index in [-0.39, 0.29) is 5.60 Å². The number of H-pyrrole nitrogens is 1. The van der Waals surface area contributed by atoms with Crippen LogP contribution in [0.1, 0.15) is 30.5 Å². The minimum Gasteiger partial charge on any atom is -0.497 e. The zero-order valence-corrected chi connectivity index (χ0v) is 14.3. The number of aromatic nitrogens is 3. The van der Waals surface area contributed by atoms with Crippen molar-refractivity contribution in [2.75, 3.05) is 13.7 Å². The number of rotatable bonds is 2. The van der Waals surface area contributed by atoms with Crippen LogP contribution in [0.3, 0.4) is 0 Å². The first-order chi connectivity index (χ1) is 12.3. The molecule has 1 N–H and O–H groups in total.